The molecule has 0 radical (unpaired) electrons. The van der Waals surface area contributed by atoms with E-state index in [0.29, 0.717) is 22.4 Å². The van der Waals surface area contributed by atoms with Gasteiger partial charge in [-0.15, -0.1) is 0 Å². The minimum Gasteiger partial charge on any atom is -0.493 e. The average molecular weight is 247 g/mol. The molecule has 5 heteroatoms. The molecule has 0 amide bonds. The summed E-state index contributed by atoms with van der Waals surface area (Å²) in [5.74, 6) is 1.15. The van der Waals surface area contributed by atoms with Crippen molar-refractivity contribution in [1.82, 2.24) is 4.98 Å². The summed E-state index contributed by atoms with van der Waals surface area (Å²) in [5, 5.41) is 0.312. The Morgan fingerprint density at radius 1 is 1.33 bits per heavy atom. The Balaban J connectivity index is 2.66. The van der Waals surface area contributed by atoms with Crippen LogP contribution < -0.4 is 26.0 Å². The lowest BCUT2D eigenvalue weighted by Gasteiger charge is -2.09. The van der Waals surface area contributed by atoms with E-state index >= 15 is 0 Å². The lowest BCUT2D eigenvalue weighted by molar-refractivity contribution is 0.354. The van der Waals surface area contributed by atoms with Crippen LogP contribution in [0.2, 0.25) is 0 Å². The summed E-state index contributed by atoms with van der Waals surface area (Å²) in [6.45, 7) is 3.52. The van der Waals surface area contributed by atoms with Crippen molar-refractivity contribution in [2.45, 2.75) is 0 Å². The zero-order chi connectivity index (χ0) is 13.1. The van der Waals surface area contributed by atoms with Gasteiger partial charge < -0.3 is 18.9 Å². The number of methoxy groups -OCH3 is 2. The third kappa shape index (κ3) is 2.15. The minimum absolute atomic E-state index is 0.216. The van der Waals surface area contributed by atoms with Crippen molar-refractivity contribution in [3.8, 4) is 11.5 Å². The summed E-state index contributed by atoms with van der Waals surface area (Å²) in [5.41, 5.74) is 0.462. The Kier molecular flexibility index (Phi) is 3.23. The number of hydrogen-bond acceptors (Lipinski definition) is 4. The molecule has 18 heavy (non-hydrogen) atoms. The van der Waals surface area contributed by atoms with Crippen LogP contribution in [0, 0.1) is 0 Å². The fourth-order valence-corrected chi connectivity index (χ4v) is 1.67. The zero-order valence-corrected chi connectivity index (χ0v) is 10.1. The quantitative estimate of drug-likeness (QED) is 0.843. The van der Waals surface area contributed by atoms with Crippen LogP contribution >= 0.6 is 0 Å². The van der Waals surface area contributed by atoms with E-state index in [4.69, 9.17) is 13.9 Å². The molecule has 1 heterocycles. The first-order valence-corrected chi connectivity index (χ1v) is 5.26. The lowest BCUT2D eigenvalue weighted by Crippen LogP contribution is -2.21. The van der Waals surface area contributed by atoms with Crippen molar-refractivity contribution in [3.63, 3.8) is 0 Å². The van der Waals surface area contributed by atoms with Gasteiger partial charge in [-0.1, -0.05) is 12.1 Å². The second kappa shape index (κ2) is 4.83. The molecule has 2 aromatic rings. The minimum atomic E-state index is -0.468. The van der Waals surface area contributed by atoms with Crippen LogP contribution in [0.4, 0.5) is 0 Å². The molecule has 94 valence electrons. The Morgan fingerprint density at radius 2 is 2.11 bits per heavy atom. The first kappa shape index (κ1) is 12.0. The van der Waals surface area contributed by atoms with Crippen LogP contribution in [0.1, 0.15) is 5.56 Å². The molecule has 0 atom stereocenters. The van der Waals surface area contributed by atoms with Crippen LogP contribution in [0.15, 0.2) is 27.4 Å². The van der Waals surface area contributed by atoms with Gasteiger partial charge in [-0.25, -0.2) is 4.79 Å². The Hall–Kier alpha value is -2.43. The maximum Gasteiger partial charge on any atom is 0.361 e. The predicted molar refractivity (Wildman–Crippen MR) is 67.2 cm³/mol. The molecule has 0 bridgehead atoms. The fraction of sp³-hybridized carbons (Fsp3) is 0.154. The molecule has 1 N–H and O–H groups in total. The fourth-order valence-electron chi connectivity index (χ4n) is 1.67. The summed E-state index contributed by atoms with van der Waals surface area (Å²) in [6, 6.07) is 5.40. The number of para-hydroxylation sites is 1. The van der Waals surface area contributed by atoms with Gasteiger partial charge in [-0.3, -0.25) is 0 Å². The van der Waals surface area contributed by atoms with Crippen LogP contribution in [0.3, 0.4) is 0 Å². The maximum atomic E-state index is 11.5. The molecule has 0 unspecified atom stereocenters. The third-order valence-corrected chi connectivity index (χ3v) is 2.44. The summed E-state index contributed by atoms with van der Waals surface area (Å²) in [6.07, 6.45) is 1.63. The van der Waals surface area contributed by atoms with Gasteiger partial charge in [-0.2, -0.15) is 0 Å². The van der Waals surface area contributed by atoms with Crippen molar-refractivity contribution in [2.75, 3.05) is 14.2 Å². The third-order valence-electron chi connectivity index (χ3n) is 2.44. The van der Waals surface area contributed by atoms with Gasteiger partial charge >= 0.3 is 5.63 Å². The highest BCUT2D eigenvalue weighted by atomic mass is 16.5. The Labute approximate surface area is 103 Å². The molecular weight excluding hydrogens is 234 g/mol. The number of oxazole rings is 1. The highest BCUT2D eigenvalue weighted by molar-refractivity contribution is 5.61. The second-order valence-electron chi connectivity index (χ2n) is 3.58. The molecule has 0 spiro atoms. The highest BCUT2D eigenvalue weighted by Gasteiger charge is 2.07. The SMILES string of the molecule is C=c1[nH]c(=Cc2cccc(OC)c2OC)c(=O)o1. The smallest absolute Gasteiger partial charge is 0.361 e. The summed E-state index contributed by atoms with van der Waals surface area (Å²) in [7, 11) is 3.10. The van der Waals surface area contributed by atoms with E-state index in [9.17, 15) is 4.79 Å². The predicted octanol–water partition coefficient (Wildman–Crippen LogP) is 0.224. The van der Waals surface area contributed by atoms with Crippen molar-refractivity contribution in [1.29, 1.82) is 0 Å². The number of hydrogen-bond donors (Lipinski definition) is 1. The standard InChI is InChI=1S/C13H13NO4/c1-8-14-10(13(15)18-8)7-9-5-4-6-11(16-2)12(9)17-3/h4-7,14H,1H2,2-3H3. The number of nitrogens with one attached hydrogen (secondary N) is 1. The number of aromatic nitrogens is 1. The zero-order valence-electron chi connectivity index (χ0n) is 10.1. The van der Waals surface area contributed by atoms with Crippen molar-refractivity contribution < 1.29 is 13.9 Å². The Morgan fingerprint density at radius 3 is 2.67 bits per heavy atom. The maximum absolute atomic E-state index is 11.5. The average Bonchev–Trinajstić information content (AvgIpc) is 2.67. The molecule has 1 aromatic carbocycles. The van der Waals surface area contributed by atoms with E-state index in [0.717, 1.165) is 0 Å². The molecule has 0 aliphatic heterocycles. The number of ether oxygens (including phenoxy) is 2. The molecule has 0 fully saturated rings. The monoisotopic (exact) mass is 247 g/mol. The van der Waals surface area contributed by atoms with Gasteiger partial charge in [0, 0.05) is 5.56 Å². The molecule has 1 aromatic heterocycles. The van der Waals surface area contributed by atoms with Gasteiger partial charge in [0.05, 0.1) is 14.2 Å². The van der Waals surface area contributed by atoms with E-state index in [-0.39, 0.29) is 5.55 Å². The van der Waals surface area contributed by atoms with Gasteiger partial charge in [0.2, 0.25) is 0 Å². The van der Waals surface area contributed by atoms with E-state index in [1.54, 1.807) is 26.4 Å². The van der Waals surface area contributed by atoms with Crippen molar-refractivity contribution >= 4 is 12.7 Å². The first-order valence-electron chi connectivity index (χ1n) is 5.26. The van der Waals surface area contributed by atoms with Crippen molar-refractivity contribution in [2.24, 2.45) is 0 Å². The number of H-pyrrole nitrogens is 1. The van der Waals surface area contributed by atoms with Gasteiger partial charge in [0.1, 0.15) is 5.35 Å². The van der Waals surface area contributed by atoms with Crippen LogP contribution in [0.5, 0.6) is 11.5 Å². The van der Waals surface area contributed by atoms with Crippen LogP contribution in [-0.4, -0.2) is 19.2 Å². The van der Waals surface area contributed by atoms with E-state index < -0.39 is 5.63 Å². The number of aromatic amines is 1. The summed E-state index contributed by atoms with van der Waals surface area (Å²) < 4.78 is 15.2. The highest BCUT2D eigenvalue weighted by Crippen LogP contribution is 2.30. The van der Waals surface area contributed by atoms with E-state index in [1.165, 1.54) is 0 Å². The molecule has 0 saturated carbocycles. The van der Waals surface area contributed by atoms with E-state index in [1.807, 2.05) is 12.1 Å². The largest absolute Gasteiger partial charge is 0.493 e. The normalized spacial score (nSPS) is 11.6. The lowest BCUT2D eigenvalue weighted by atomic mass is 10.1. The summed E-state index contributed by atoms with van der Waals surface area (Å²) >= 11 is 0. The van der Waals surface area contributed by atoms with Gasteiger partial charge in [0.25, 0.3) is 0 Å². The van der Waals surface area contributed by atoms with Crippen molar-refractivity contribution in [3.05, 3.63) is 45.1 Å². The molecular formula is C13H13NO4. The molecule has 0 aliphatic carbocycles. The molecule has 0 aliphatic rings. The van der Waals surface area contributed by atoms with Crippen LogP contribution in [-0.2, 0) is 0 Å². The molecule has 0 saturated heterocycles. The number of rotatable bonds is 3. The first-order chi connectivity index (χ1) is 8.65. The molecule has 5 nitrogen and oxygen atoms in total. The molecule has 2 rings (SSSR count). The summed E-state index contributed by atoms with van der Waals surface area (Å²) in [4.78, 5) is 14.2. The Bertz CT molecular complexity index is 711. The van der Waals surface area contributed by atoms with Gasteiger partial charge in [-0.05, 0) is 18.7 Å². The topological polar surface area (TPSA) is 64.5 Å². The number of benzene rings is 1. The van der Waals surface area contributed by atoms with E-state index in [2.05, 4.69) is 11.6 Å². The van der Waals surface area contributed by atoms with Gasteiger partial charge in [0.15, 0.2) is 17.0 Å². The second-order valence-corrected chi connectivity index (χ2v) is 3.58. The van der Waals surface area contributed by atoms with Crippen LogP contribution in [0.25, 0.3) is 12.7 Å².